The number of rotatable bonds is 1. The summed E-state index contributed by atoms with van der Waals surface area (Å²) in [6, 6.07) is 14.9. The first-order valence-corrected chi connectivity index (χ1v) is 10.7. The van der Waals surface area contributed by atoms with Crippen LogP contribution >= 0.6 is 11.6 Å². The van der Waals surface area contributed by atoms with Gasteiger partial charge in [0.05, 0.1) is 23.6 Å². The third-order valence-electron chi connectivity index (χ3n) is 6.31. The molecule has 0 amide bonds. The molecule has 2 nitrogen and oxygen atoms in total. The van der Waals surface area contributed by atoms with Gasteiger partial charge in [-0.25, -0.2) is 4.99 Å². The monoisotopic (exact) mass is 396 g/mol. The number of halogens is 1. The van der Waals surface area contributed by atoms with E-state index in [4.69, 9.17) is 16.6 Å². The Balaban J connectivity index is 1.64. The fraction of sp³-hybridized carbons (Fsp3) is 0.192. The second-order valence-corrected chi connectivity index (χ2v) is 8.40. The van der Waals surface area contributed by atoms with Crippen LogP contribution in [0.4, 0.5) is 11.4 Å². The fourth-order valence-corrected chi connectivity index (χ4v) is 5.17. The van der Waals surface area contributed by atoms with Gasteiger partial charge in [0.25, 0.3) is 0 Å². The summed E-state index contributed by atoms with van der Waals surface area (Å²) in [6.45, 7) is 0.777. The summed E-state index contributed by atoms with van der Waals surface area (Å²) in [6.07, 6.45) is 11.1. The van der Waals surface area contributed by atoms with Crippen LogP contribution in [0.1, 0.15) is 30.4 Å². The Kier molecular flexibility index (Phi) is 3.88. The van der Waals surface area contributed by atoms with Crippen molar-refractivity contribution in [3.63, 3.8) is 0 Å². The molecule has 0 saturated carbocycles. The number of nitrogens with zero attached hydrogens (tertiary/aromatic N) is 1. The highest BCUT2D eigenvalue weighted by Gasteiger charge is 2.24. The Morgan fingerprint density at radius 1 is 0.966 bits per heavy atom. The lowest BCUT2D eigenvalue weighted by Crippen LogP contribution is -2.34. The molecule has 0 aromatic heterocycles. The Morgan fingerprint density at radius 2 is 1.86 bits per heavy atom. The first kappa shape index (κ1) is 17.1. The molecule has 0 fully saturated rings. The summed E-state index contributed by atoms with van der Waals surface area (Å²) in [4.78, 5) is 5.27. The second-order valence-electron chi connectivity index (χ2n) is 7.97. The highest BCUT2D eigenvalue weighted by atomic mass is 35.5. The van der Waals surface area contributed by atoms with Crippen LogP contribution in [0.2, 0.25) is 5.02 Å². The van der Waals surface area contributed by atoms with Gasteiger partial charge in [-0.3, -0.25) is 0 Å². The Hall–Kier alpha value is -2.84. The number of benzene rings is 3. The predicted molar refractivity (Wildman–Crippen MR) is 125 cm³/mol. The average Bonchev–Trinajstić information content (AvgIpc) is 2.78. The van der Waals surface area contributed by atoms with Gasteiger partial charge in [-0.2, -0.15) is 0 Å². The minimum atomic E-state index is 0.777. The van der Waals surface area contributed by atoms with E-state index in [1.54, 1.807) is 0 Å². The molecule has 0 saturated heterocycles. The molecule has 0 atom stereocenters. The number of hydrogen-bond acceptors (Lipinski definition) is 2. The Bertz CT molecular complexity index is 1360. The van der Waals surface area contributed by atoms with Crippen molar-refractivity contribution in [3.8, 4) is 0 Å². The number of hydrogen-bond donors (Lipinski definition) is 1. The molecule has 3 heteroatoms. The number of aliphatic imine (C=N–C) groups is 1. The van der Waals surface area contributed by atoms with Gasteiger partial charge in [0.2, 0.25) is 0 Å². The molecule has 142 valence electrons. The Morgan fingerprint density at radius 3 is 2.79 bits per heavy atom. The molecule has 0 unspecified atom stereocenters. The van der Waals surface area contributed by atoms with E-state index >= 15 is 0 Å². The van der Waals surface area contributed by atoms with Crippen molar-refractivity contribution in [2.24, 2.45) is 4.99 Å². The minimum absolute atomic E-state index is 0.777. The topological polar surface area (TPSA) is 24.4 Å². The van der Waals surface area contributed by atoms with E-state index in [1.807, 2.05) is 6.07 Å². The van der Waals surface area contributed by atoms with E-state index in [9.17, 15) is 0 Å². The van der Waals surface area contributed by atoms with Crippen LogP contribution < -0.4 is 15.8 Å². The maximum Gasteiger partial charge on any atom is 0.0946 e. The predicted octanol–water partition coefficient (Wildman–Crippen LogP) is 5.38. The maximum absolute atomic E-state index is 6.23. The van der Waals surface area contributed by atoms with Gasteiger partial charge in [0.15, 0.2) is 0 Å². The number of fused-ring (bicyclic) bond motifs is 7. The molecular formula is C26H21ClN2. The normalized spacial score (nSPS) is 17.0. The van der Waals surface area contributed by atoms with Gasteiger partial charge < -0.3 is 5.32 Å². The zero-order valence-electron chi connectivity index (χ0n) is 16.1. The van der Waals surface area contributed by atoms with Gasteiger partial charge >= 0.3 is 0 Å². The minimum Gasteiger partial charge on any atom is -0.377 e. The molecule has 3 aromatic carbocycles. The lowest BCUT2D eigenvalue weighted by Gasteiger charge is -2.27. The molecule has 2 aliphatic carbocycles. The van der Waals surface area contributed by atoms with Crippen LogP contribution in [0.5, 0.6) is 0 Å². The van der Waals surface area contributed by atoms with Crippen LogP contribution in [-0.2, 0) is 6.42 Å². The molecule has 6 rings (SSSR count). The van der Waals surface area contributed by atoms with Crippen LogP contribution in [0.25, 0.3) is 28.5 Å². The van der Waals surface area contributed by atoms with E-state index in [0.29, 0.717) is 0 Å². The van der Waals surface area contributed by atoms with Gasteiger partial charge in [0.1, 0.15) is 0 Å². The summed E-state index contributed by atoms with van der Waals surface area (Å²) < 4.78 is 0. The van der Waals surface area contributed by atoms with Crippen molar-refractivity contribution >= 4 is 57.2 Å². The average molecular weight is 397 g/mol. The van der Waals surface area contributed by atoms with Crippen molar-refractivity contribution < 1.29 is 0 Å². The van der Waals surface area contributed by atoms with Crippen LogP contribution in [0.15, 0.2) is 53.5 Å². The van der Waals surface area contributed by atoms with E-state index < -0.39 is 0 Å². The molecule has 1 aliphatic heterocycles. The SMILES string of the molecule is Clc1ccc2c(c1)=CCCC=2C1=Nc2c(c3c(c4ccccc24)C=CCC3)NC1. The lowest BCUT2D eigenvalue weighted by atomic mass is 9.88. The van der Waals surface area contributed by atoms with Gasteiger partial charge in [-0.15, -0.1) is 0 Å². The quantitative estimate of drug-likeness (QED) is 0.587. The van der Waals surface area contributed by atoms with Gasteiger partial charge in [-0.1, -0.05) is 60.2 Å². The highest BCUT2D eigenvalue weighted by molar-refractivity contribution is 6.30. The second kappa shape index (κ2) is 6.60. The number of nitrogens with one attached hydrogen (secondary N) is 1. The third kappa shape index (κ3) is 2.67. The van der Waals surface area contributed by atoms with Gasteiger partial charge in [-0.05, 0) is 70.3 Å². The van der Waals surface area contributed by atoms with Crippen LogP contribution in [-0.4, -0.2) is 12.3 Å². The maximum atomic E-state index is 6.23. The highest BCUT2D eigenvalue weighted by Crippen LogP contribution is 2.44. The molecular weight excluding hydrogens is 376 g/mol. The molecule has 29 heavy (non-hydrogen) atoms. The zero-order valence-corrected chi connectivity index (χ0v) is 16.9. The standard InChI is InChI=1S/C26H21ClN2/c27-17-12-13-18-16(14-17)6-5-11-21(18)24-15-28-25-22-9-3-1-7-19(22)20-8-2-4-10-23(20)26(25)29-24/h1-2,4,6-8,10,12-14,28H,3,5,9,11,15H2. The molecule has 1 heterocycles. The summed E-state index contributed by atoms with van der Waals surface area (Å²) in [5.74, 6) is 0. The molecule has 0 bridgehead atoms. The summed E-state index contributed by atoms with van der Waals surface area (Å²) in [5, 5.41) is 9.58. The largest absolute Gasteiger partial charge is 0.377 e. The fourth-order valence-electron chi connectivity index (χ4n) is 4.99. The number of allylic oxidation sites excluding steroid dienone is 1. The van der Waals surface area contributed by atoms with Crippen molar-refractivity contribution in [3.05, 3.63) is 75.1 Å². The van der Waals surface area contributed by atoms with E-state index in [2.05, 4.69) is 59.9 Å². The van der Waals surface area contributed by atoms with E-state index in [0.717, 1.165) is 48.6 Å². The molecule has 3 aromatic rings. The lowest BCUT2D eigenvalue weighted by molar-refractivity contribution is 0.987. The molecule has 0 spiro atoms. The Labute approximate surface area is 174 Å². The molecule has 0 radical (unpaired) electrons. The number of anilines is 1. The smallest absolute Gasteiger partial charge is 0.0946 e. The summed E-state index contributed by atoms with van der Waals surface area (Å²) in [5.41, 5.74) is 7.61. The summed E-state index contributed by atoms with van der Waals surface area (Å²) >= 11 is 6.23. The first-order chi connectivity index (χ1) is 14.3. The van der Waals surface area contributed by atoms with Crippen molar-refractivity contribution in [2.45, 2.75) is 25.7 Å². The van der Waals surface area contributed by atoms with E-state index in [-0.39, 0.29) is 0 Å². The van der Waals surface area contributed by atoms with Crippen LogP contribution in [0, 0.1) is 0 Å². The third-order valence-corrected chi connectivity index (χ3v) is 6.54. The molecule has 3 aliphatic rings. The van der Waals surface area contributed by atoms with Crippen molar-refractivity contribution in [2.75, 3.05) is 11.9 Å². The molecule has 1 N–H and O–H groups in total. The van der Waals surface area contributed by atoms with E-state index in [1.165, 1.54) is 43.6 Å². The summed E-state index contributed by atoms with van der Waals surface area (Å²) in [7, 11) is 0. The zero-order chi connectivity index (χ0) is 19.4. The first-order valence-electron chi connectivity index (χ1n) is 10.3. The van der Waals surface area contributed by atoms with Crippen LogP contribution in [0.3, 0.4) is 0 Å². The van der Waals surface area contributed by atoms with Crippen molar-refractivity contribution in [1.82, 2.24) is 0 Å². The van der Waals surface area contributed by atoms with Crippen molar-refractivity contribution in [1.29, 1.82) is 0 Å². The van der Waals surface area contributed by atoms with Gasteiger partial charge in [0, 0.05) is 10.4 Å².